The van der Waals surface area contributed by atoms with Crippen LogP contribution in [0, 0.1) is 24.0 Å². The molecule has 3 rings (SSSR count). The van der Waals surface area contributed by atoms with Gasteiger partial charge >= 0.3 is 0 Å². The molecule has 8 heteroatoms. The number of aromatic nitrogens is 1. The molecule has 2 heterocycles. The lowest BCUT2D eigenvalue weighted by molar-refractivity contribution is -0.384. The van der Waals surface area contributed by atoms with Crippen LogP contribution in [0.2, 0.25) is 0 Å². The number of piperazine rings is 1. The van der Waals surface area contributed by atoms with Gasteiger partial charge in [-0.1, -0.05) is 6.07 Å². The maximum absolute atomic E-state index is 12.4. The quantitative estimate of drug-likeness (QED) is 0.643. The number of benzene rings is 1. The van der Waals surface area contributed by atoms with Gasteiger partial charge in [-0.15, -0.1) is 0 Å². The lowest BCUT2D eigenvalue weighted by atomic mass is 10.1. The second-order valence-electron chi connectivity index (χ2n) is 6.71. The fourth-order valence-electron chi connectivity index (χ4n) is 3.12. The number of amides is 1. The van der Waals surface area contributed by atoms with Gasteiger partial charge in [-0.2, -0.15) is 0 Å². The van der Waals surface area contributed by atoms with Crippen LogP contribution < -0.4 is 10.2 Å². The first kappa shape index (κ1) is 18.8. The summed E-state index contributed by atoms with van der Waals surface area (Å²) in [5.74, 6) is 0.694. The van der Waals surface area contributed by atoms with Crippen molar-refractivity contribution >= 4 is 23.1 Å². The summed E-state index contributed by atoms with van der Waals surface area (Å²) in [5, 5.41) is 14.0. The molecule has 0 radical (unpaired) electrons. The van der Waals surface area contributed by atoms with Gasteiger partial charge in [-0.05, 0) is 43.2 Å². The van der Waals surface area contributed by atoms with Gasteiger partial charge in [-0.3, -0.25) is 19.8 Å². The minimum Gasteiger partial charge on any atom is -0.354 e. The normalized spacial score (nSPS) is 14.8. The number of anilines is 2. The van der Waals surface area contributed by atoms with Crippen molar-refractivity contribution in [3.63, 3.8) is 0 Å². The van der Waals surface area contributed by atoms with Crippen LogP contribution in [0.5, 0.6) is 0 Å². The molecule has 1 aliphatic rings. The van der Waals surface area contributed by atoms with Crippen molar-refractivity contribution in [3.8, 4) is 0 Å². The van der Waals surface area contributed by atoms with Gasteiger partial charge in [0.1, 0.15) is 11.5 Å². The molecule has 0 bridgehead atoms. The molecule has 1 saturated heterocycles. The maximum Gasteiger partial charge on any atom is 0.293 e. The Balaban J connectivity index is 1.58. The third kappa shape index (κ3) is 4.59. The number of rotatable bonds is 5. The molecule has 1 aliphatic heterocycles. The molecule has 1 aromatic carbocycles. The first-order valence-corrected chi connectivity index (χ1v) is 8.88. The largest absolute Gasteiger partial charge is 0.354 e. The minimum atomic E-state index is -0.465. The highest BCUT2D eigenvalue weighted by atomic mass is 16.6. The van der Waals surface area contributed by atoms with E-state index in [9.17, 15) is 14.9 Å². The van der Waals surface area contributed by atoms with Gasteiger partial charge in [0.15, 0.2) is 0 Å². The third-order valence-corrected chi connectivity index (χ3v) is 4.80. The summed E-state index contributed by atoms with van der Waals surface area (Å²) >= 11 is 0. The molecular weight excluding hydrogens is 346 g/mol. The number of nitro benzene ring substituents is 1. The zero-order valence-electron chi connectivity index (χ0n) is 15.5. The highest BCUT2D eigenvalue weighted by Gasteiger charge is 2.22. The Kier molecular flexibility index (Phi) is 5.66. The van der Waals surface area contributed by atoms with E-state index in [0.29, 0.717) is 0 Å². The Hall–Kier alpha value is -3.00. The summed E-state index contributed by atoms with van der Waals surface area (Å²) in [6.45, 7) is 6.93. The molecule has 27 heavy (non-hydrogen) atoms. The predicted octanol–water partition coefficient (Wildman–Crippen LogP) is 2.37. The molecule has 0 unspecified atom stereocenters. The van der Waals surface area contributed by atoms with Crippen LogP contribution >= 0.6 is 0 Å². The van der Waals surface area contributed by atoms with E-state index in [1.165, 1.54) is 6.07 Å². The van der Waals surface area contributed by atoms with Crippen LogP contribution in [-0.2, 0) is 4.79 Å². The summed E-state index contributed by atoms with van der Waals surface area (Å²) in [5.41, 5.74) is 1.90. The zero-order chi connectivity index (χ0) is 19.4. The molecule has 1 N–H and O–H groups in total. The Morgan fingerprint density at radius 3 is 2.52 bits per heavy atom. The smallest absolute Gasteiger partial charge is 0.293 e. The van der Waals surface area contributed by atoms with E-state index in [1.807, 2.05) is 36.9 Å². The highest BCUT2D eigenvalue weighted by Crippen LogP contribution is 2.28. The van der Waals surface area contributed by atoms with Crippen molar-refractivity contribution in [2.45, 2.75) is 13.8 Å². The molecule has 1 aromatic heterocycles. The van der Waals surface area contributed by atoms with Gasteiger partial charge in [0.2, 0.25) is 5.91 Å². The molecule has 142 valence electrons. The molecule has 2 aromatic rings. The fraction of sp³-hybridized carbons (Fsp3) is 0.368. The zero-order valence-corrected chi connectivity index (χ0v) is 15.5. The number of hydrogen-bond donors (Lipinski definition) is 1. The van der Waals surface area contributed by atoms with E-state index in [4.69, 9.17) is 0 Å². The average molecular weight is 369 g/mol. The molecule has 0 saturated carbocycles. The van der Waals surface area contributed by atoms with Crippen LogP contribution in [0.25, 0.3) is 0 Å². The minimum absolute atomic E-state index is 0.0774. The second-order valence-corrected chi connectivity index (χ2v) is 6.71. The monoisotopic (exact) mass is 369 g/mol. The van der Waals surface area contributed by atoms with E-state index >= 15 is 0 Å². The van der Waals surface area contributed by atoms with Crippen molar-refractivity contribution in [2.75, 3.05) is 42.9 Å². The van der Waals surface area contributed by atoms with Gasteiger partial charge in [-0.25, -0.2) is 4.98 Å². The molecule has 0 aliphatic carbocycles. The highest BCUT2D eigenvalue weighted by molar-refractivity contribution is 5.94. The molecule has 8 nitrogen and oxygen atoms in total. The summed E-state index contributed by atoms with van der Waals surface area (Å²) < 4.78 is 0. The van der Waals surface area contributed by atoms with Gasteiger partial charge in [0.25, 0.3) is 5.69 Å². The Labute approximate surface area is 158 Å². The molecule has 1 amide bonds. The number of aryl methyl sites for hydroxylation is 2. The van der Waals surface area contributed by atoms with Gasteiger partial charge in [0.05, 0.1) is 11.5 Å². The van der Waals surface area contributed by atoms with Gasteiger partial charge < -0.3 is 10.2 Å². The first-order chi connectivity index (χ1) is 12.9. The molecule has 1 fully saturated rings. The van der Waals surface area contributed by atoms with E-state index in [1.54, 1.807) is 12.3 Å². The average Bonchev–Trinajstić information content (AvgIpc) is 2.65. The number of nitro groups is 1. The van der Waals surface area contributed by atoms with Crippen LogP contribution in [0.4, 0.5) is 17.2 Å². The van der Waals surface area contributed by atoms with Crippen molar-refractivity contribution < 1.29 is 9.72 Å². The summed E-state index contributed by atoms with van der Waals surface area (Å²) in [6.07, 6.45) is 1.77. The van der Waals surface area contributed by atoms with Crippen molar-refractivity contribution in [1.82, 2.24) is 9.88 Å². The third-order valence-electron chi connectivity index (χ3n) is 4.80. The fourth-order valence-corrected chi connectivity index (χ4v) is 3.12. The van der Waals surface area contributed by atoms with Crippen LogP contribution in [0.15, 0.2) is 36.5 Å². The maximum atomic E-state index is 12.4. The number of hydrogen-bond acceptors (Lipinski definition) is 6. The van der Waals surface area contributed by atoms with Crippen molar-refractivity contribution in [2.24, 2.45) is 0 Å². The van der Waals surface area contributed by atoms with Crippen LogP contribution in [0.1, 0.15) is 11.1 Å². The standard InChI is InChI=1S/C19H23N5O3/c1-14-11-16(17(24(26)27)12-15(14)2)21-19(25)13-22-7-9-23(10-8-22)18-5-3-4-6-20-18/h3-6,11-12H,7-10,13H2,1-2H3,(H,21,25). The lowest BCUT2D eigenvalue weighted by Gasteiger charge is -2.34. The molecule has 0 atom stereocenters. The van der Waals surface area contributed by atoms with Crippen LogP contribution in [0.3, 0.4) is 0 Å². The summed E-state index contributed by atoms with van der Waals surface area (Å²) in [6, 6.07) is 8.97. The van der Waals surface area contributed by atoms with E-state index in [0.717, 1.165) is 43.1 Å². The van der Waals surface area contributed by atoms with E-state index < -0.39 is 4.92 Å². The number of nitrogens with zero attached hydrogens (tertiary/aromatic N) is 4. The Morgan fingerprint density at radius 2 is 1.89 bits per heavy atom. The van der Waals surface area contributed by atoms with Crippen LogP contribution in [-0.4, -0.2) is 53.4 Å². The Morgan fingerprint density at radius 1 is 1.19 bits per heavy atom. The summed E-state index contributed by atoms with van der Waals surface area (Å²) in [7, 11) is 0. The van der Waals surface area contributed by atoms with Gasteiger partial charge in [0, 0.05) is 38.4 Å². The number of nitrogens with one attached hydrogen (secondary N) is 1. The summed E-state index contributed by atoms with van der Waals surface area (Å²) in [4.78, 5) is 31.8. The topological polar surface area (TPSA) is 91.6 Å². The predicted molar refractivity (Wildman–Crippen MR) is 104 cm³/mol. The molecule has 0 spiro atoms. The second kappa shape index (κ2) is 8.13. The Bertz CT molecular complexity index is 833. The number of carbonyl (C=O) groups is 1. The van der Waals surface area contributed by atoms with Crippen molar-refractivity contribution in [1.29, 1.82) is 0 Å². The number of carbonyl (C=O) groups excluding carboxylic acids is 1. The SMILES string of the molecule is Cc1cc(NC(=O)CN2CCN(c3ccccn3)CC2)c([N+](=O)[O-])cc1C. The van der Waals surface area contributed by atoms with E-state index in [-0.39, 0.29) is 23.8 Å². The number of pyridine rings is 1. The van der Waals surface area contributed by atoms with Crippen molar-refractivity contribution in [3.05, 3.63) is 57.8 Å². The van der Waals surface area contributed by atoms with E-state index in [2.05, 4.69) is 15.2 Å². The lowest BCUT2D eigenvalue weighted by Crippen LogP contribution is -2.48. The first-order valence-electron chi connectivity index (χ1n) is 8.88. The molecular formula is C19H23N5O3.